The molecule has 0 aromatic carbocycles. The van der Waals surface area contributed by atoms with Crippen molar-refractivity contribution >= 4 is 25.2 Å². The Bertz CT molecular complexity index is 89.1. The lowest BCUT2D eigenvalue weighted by Crippen LogP contribution is -1.95. The molecule has 7 heavy (non-hydrogen) atoms. The van der Waals surface area contributed by atoms with Gasteiger partial charge < -0.3 is 17.4 Å². The topological polar surface area (TPSA) is 54.4 Å². The Morgan fingerprint density at radius 3 is 2.29 bits per heavy atom. The molecule has 3 nitrogen and oxygen atoms in total. The molecule has 5 heteroatoms. The van der Waals surface area contributed by atoms with Crippen molar-refractivity contribution in [1.29, 1.82) is 0 Å². The summed E-state index contributed by atoms with van der Waals surface area (Å²) in [4.78, 5) is 9.56. The summed E-state index contributed by atoms with van der Waals surface area (Å²) in [5, 5.41) is 7.83. The molecule has 0 aliphatic carbocycles. The van der Waals surface area contributed by atoms with E-state index in [0.29, 0.717) is 0 Å². The number of aliphatic carboxylic acids is 1. The molecule has 0 spiro atoms. The zero-order valence-electron chi connectivity index (χ0n) is 3.33. The van der Waals surface area contributed by atoms with Crippen LogP contribution >= 0.6 is 7.00 Å². The zero-order valence-corrected chi connectivity index (χ0v) is 5.04. The summed E-state index contributed by atoms with van der Waals surface area (Å²) in [6, 6.07) is 0. The van der Waals surface area contributed by atoms with E-state index in [1.54, 1.807) is 0 Å². The van der Waals surface area contributed by atoms with Gasteiger partial charge in [-0.15, -0.1) is 4.57 Å². The van der Waals surface area contributed by atoms with E-state index >= 15 is 0 Å². The molecule has 0 amide bonds. The summed E-state index contributed by atoms with van der Waals surface area (Å²) < 4.78 is 9.84. The maximum absolute atomic E-state index is 9.84. The molecule has 0 aliphatic heterocycles. The first-order chi connectivity index (χ1) is 3.13. The number of hydrogen-bond donors (Lipinski definition) is 1. The van der Waals surface area contributed by atoms with E-state index in [0.717, 1.165) is 0 Å². The first kappa shape index (κ1) is 6.92. The summed E-state index contributed by atoms with van der Waals surface area (Å²) in [5.41, 5.74) is 0. The Kier molecular flexibility index (Phi) is 2.96. The highest BCUT2D eigenvalue weighted by atomic mass is 32.7. The summed E-state index contributed by atoms with van der Waals surface area (Å²) in [5.74, 6) is -1.10. The Balaban J connectivity index is 3.32. The van der Waals surface area contributed by atoms with Crippen LogP contribution in [0.2, 0.25) is 0 Å². The third-order valence-corrected chi connectivity index (χ3v) is 1.18. The second-order valence-electron chi connectivity index (χ2n) is 0.885. The van der Waals surface area contributed by atoms with Gasteiger partial charge in [0, 0.05) is 0 Å². The number of carboxylic acids is 1. The van der Waals surface area contributed by atoms with Crippen LogP contribution in [0.4, 0.5) is 0 Å². The second-order valence-corrected chi connectivity index (χ2v) is 3.09. The van der Waals surface area contributed by atoms with Crippen LogP contribution in [0, 0.1) is 0 Å². The predicted molar refractivity (Wildman–Crippen MR) is 27.5 cm³/mol. The van der Waals surface area contributed by atoms with Crippen LogP contribution in [0.3, 0.4) is 0 Å². The summed E-state index contributed by atoms with van der Waals surface area (Å²) >= 11 is 4.08. The third-order valence-electron chi connectivity index (χ3n) is 0.264. The highest BCUT2D eigenvalue weighted by Crippen LogP contribution is 2.12. The molecule has 0 radical (unpaired) electrons. The van der Waals surface area contributed by atoms with Gasteiger partial charge in [0.25, 0.3) is 0 Å². The number of rotatable bonds is 2. The minimum absolute atomic E-state index is 0.398. The zero-order chi connectivity index (χ0) is 5.86. The molecule has 1 atom stereocenters. The normalized spacial score (nSPS) is 10.7. The fourth-order valence-electron chi connectivity index (χ4n) is 0.110. The summed E-state index contributed by atoms with van der Waals surface area (Å²) in [7, 11) is -1.91. The van der Waals surface area contributed by atoms with Crippen molar-refractivity contribution in [3.8, 4) is 0 Å². The van der Waals surface area contributed by atoms with Crippen molar-refractivity contribution < 1.29 is 14.5 Å². The highest BCUT2D eigenvalue weighted by Gasteiger charge is 2.03. The van der Waals surface area contributed by atoms with Crippen LogP contribution in [-0.4, -0.2) is 17.2 Å². The van der Waals surface area contributed by atoms with Gasteiger partial charge in [-0.2, -0.15) is 0 Å². The molecule has 0 saturated carbocycles. The molecule has 0 aromatic heterocycles. The predicted octanol–water partition coefficient (Wildman–Crippen LogP) is 0.360. The van der Waals surface area contributed by atoms with Crippen molar-refractivity contribution in [3.05, 3.63) is 0 Å². The minimum atomic E-state index is -1.91. The SMILES string of the molecule is O=C(O)C[P+](=O)[S-]. The molecule has 0 saturated heterocycles. The minimum Gasteiger partial charge on any atom is -0.478 e. The van der Waals surface area contributed by atoms with Crippen molar-refractivity contribution in [2.45, 2.75) is 0 Å². The lowest BCUT2D eigenvalue weighted by molar-refractivity contribution is -0.134. The second kappa shape index (κ2) is 2.99. The van der Waals surface area contributed by atoms with Crippen molar-refractivity contribution in [1.82, 2.24) is 0 Å². The molecule has 1 unspecified atom stereocenters. The molecule has 0 aliphatic rings. The molecule has 1 N–H and O–H groups in total. The Morgan fingerprint density at radius 1 is 1.86 bits per heavy atom. The van der Waals surface area contributed by atoms with Gasteiger partial charge in [0.05, 0.1) is 0 Å². The maximum Gasteiger partial charge on any atom is 0.350 e. The largest absolute Gasteiger partial charge is 0.478 e. The van der Waals surface area contributed by atoms with Crippen LogP contribution in [0.5, 0.6) is 0 Å². The fraction of sp³-hybridized carbons (Fsp3) is 0.500. The van der Waals surface area contributed by atoms with E-state index in [4.69, 9.17) is 5.11 Å². The van der Waals surface area contributed by atoms with Gasteiger partial charge in [-0.3, -0.25) is 0 Å². The van der Waals surface area contributed by atoms with E-state index in [1.165, 1.54) is 0 Å². The lowest BCUT2D eigenvalue weighted by Gasteiger charge is -1.78. The standard InChI is InChI=1S/C2H3O3PS/c3-2(4)1-6(5)7/h1H2,(H,3,4). The molecular formula is C2H3O3PS. The molecule has 0 rings (SSSR count). The average molecular weight is 138 g/mol. The first-order valence-electron chi connectivity index (χ1n) is 1.46. The van der Waals surface area contributed by atoms with Crippen LogP contribution in [0.15, 0.2) is 0 Å². The van der Waals surface area contributed by atoms with Crippen molar-refractivity contribution in [2.75, 3.05) is 6.16 Å². The van der Waals surface area contributed by atoms with Gasteiger partial charge in [-0.25, -0.2) is 4.79 Å². The van der Waals surface area contributed by atoms with E-state index in [1.807, 2.05) is 0 Å². The fourth-order valence-corrected chi connectivity index (χ4v) is 0.663. The number of hydrogen-bond acceptors (Lipinski definition) is 3. The molecule has 0 aromatic rings. The van der Waals surface area contributed by atoms with Gasteiger partial charge in [-0.1, -0.05) is 0 Å². The van der Waals surface area contributed by atoms with E-state index in [-0.39, 0.29) is 0 Å². The van der Waals surface area contributed by atoms with Crippen LogP contribution in [-0.2, 0) is 21.6 Å². The van der Waals surface area contributed by atoms with Crippen LogP contribution < -0.4 is 0 Å². The molecule has 0 fully saturated rings. The van der Waals surface area contributed by atoms with Gasteiger partial charge >= 0.3 is 5.97 Å². The number of carbonyl (C=O) groups is 1. The van der Waals surface area contributed by atoms with E-state index < -0.39 is 19.1 Å². The van der Waals surface area contributed by atoms with Gasteiger partial charge in [0.15, 0.2) is 0 Å². The molecular weight excluding hydrogens is 135 g/mol. The third kappa shape index (κ3) is 5.92. The smallest absolute Gasteiger partial charge is 0.350 e. The summed E-state index contributed by atoms with van der Waals surface area (Å²) in [6.07, 6.45) is -0.398. The Labute approximate surface area is 46.7 Å². The maximum atomic E-state index is 9.84. The number of carboxylic acid groups (broad SMARTS) is 1. The highest BCUT2D eigenvalue weighted by molar-refractivity contribution is 8.28. The molecule has 40 valence electrons. The average Bonchev–Trinajstić information content (AvgIpc) is 1.27. The molecule has 0 bridgehead atoms. The first-order valence-corrected chi connectivity index (χ1v) is 3.92. The van der Waals surface area contributed by atoms with Crippen molar-refractivity contribution in [2.24, 2.45) is 0 Å². The van der Waals surface area contributed by atoms with Gasteiger partial charge in [0.1, 0.15) is 0 Å². The Morgan fingerprint density at radius 2 is 2.29 bits per heavy atom. The summed E-state index contributed by atoms with van der Waals surface area (Å²) in [6.45, 7) is 0. The quantitative estimate of drug-likeness (QED) is 0.442. The lowest BCUT2D eigenvalue weighted by atomic mass is 10.8. The van der Waals surface area contributed by atoms with Crippen molar-refractivity contribution in [3.63, 3.8) is 0 Å². The Hall–Kier alpha value is -0.0800. The van der Waals surface area contributed by atoms with Gasteiger partial charge in [-0.05, 0) is 0 Å². The molecule has 0 heterocycles. The van der Waals surface area contributed by atoms with Crippen LogP contribution in [0.25, 0.3) is 0 Å². The van der Waals surface area contributed by atoms with Crippen LogP contribution in [0.1, 0.15) is 0 Å². The monoisotopic (exact) mass is 138 g/mol. The van der Waals surface area contributed by atoms with E-state index in [2.05, 4.69) is 12.2 Å². The van der Waals surface area contributed by atoms with E-state index in [9.17, 15) is 9.36 Å². The van der Waals surface area contributed by atoms with Gasteiger partial charge in [0.2, 0.25) is 13.2 Å².